The zero-order chi connectivity index (χ0) is 22.0. The third kappa shape index (κ3) is 2.60. The first-order valence-corrected chi connectivity index (χ1v) is 10.2. The number of fused-ring (bicyclic) bond motifs is 4. The van der Waals surface area contributed by atoms with E-state index in [0.717, 1.165) is 25.3 Å². The van der Waals surface area contributed by atoms with Gasteiger partial charge >= 0.3 is 0 Å². The van der Waals surface area contributed by atoms with Crippen molar-refractivity contribution in [2.75, 3.05) is 5.73 Å². The normalized spacial score (nSPS) is 14.3. The van der Waals surface area contributed by atoms with Gasteiger partial charge in [-0.05, 0) is 49.1 Å². The van der Waals surface area contributed by atoms with E-state index >= 15 is 0 Å². The van der Waals surface area contributed by atoms with Crippen molar-refractivity contribution in [1.82, 2.24) is 20.2 Å². The topological polar surface area (TPSA) is 110 Å². The third-order valence-corrected chi connectivity index (χ3v) is 6.12. The molecule has 160 valence electrons. The number of nitrogens with zero attached hydrogens (tertiary/aromatic N) is 2. The Morgan fingerprint density at radius 1 is 1.12 bits per heavy atom. The fraction of sp³-hybridized carbons (Fsp3) is 0.174. The summed E-state index contributed by atoms with van der Waals surface area (Å²) in [4.78, 5) is 20.1. The van der Waals surface area contributed by atoms with Crippen LogP contribution >= 0.6 is 0 Å². The van der Waals surface area contributed by atoms with Crippen molar-refractivity contribution in [3.63, 3.8) is 0 Å². The molecule has 6 rings (SSSR count). The predicted octanol–water partition coefficient (Wildman–Crippen LogP) is 4.41. The van der Waals surface area contributed by atoms with Crippen LogP contribution in [0.3, 0.4) is 0 Å². The fourth-order valence-corrected chi connectivity index (χ4v) is 4.29. The Bertz CT molecular complexity index is 1600. The Morgan fingerprint density at radius 2 is 1.97 bits per heavy atom. The molecule has 0 spiro atoms. The standard InChI is InChI=1S/C23H17F2N5O2/c24-15-7-12(14-9-28-30-22(14)18(15)25)17-13-8-16(32-10-3-1-4-10)21-11(5-2-6-27-21)20(13)29-23(31)19(17)26/h2,5-10H,1,3-4,26H2,(H,28,30)(H,29,31). The number of anilines is 1. The summed E-state index contributed by atoms with van der Waals surface area (Å²) in [5, 5.41) is 7.86. The second-order valence-electron chi connectivity index (χ2n) is 7.99. The van der Waals surface area contributed by atoms with Crippen molar-refractivity contribution in [3.05, 3.63) is 58.6 Å². The van der Waals surface area contributed by atoms with Crippen molar-refractivity contribution in [2.45, 2.75) is 25.4 Å². The van der Waals surface area contributed by atoms with Crippen LogP contribution in [-0.4, -0.2) is 26.3 Å². The molecule has 3 heterocycles. The van der Waals surface area contributed by atoms with E-state index in [1.807, 2.05) is 6.07 Å². The number of nitrogens with two attached hydrogens (primary N) is 1. The lowest BCUT2D eigenvalue weighted by atomic mass is 9.94. The highest BCUT2D eigenvalue weighted by molar-refractivity contribution is 6.15. The largest absolute Gasteiger partial charge is 0.488 e. The quantitative estimate of drug-likeness (QED) is 0.365. The second kappa shape index (κ2) is 6.74. The molecule has 0 atom stereocenters. The summed E-state index contributed by atoms with van der Waals surface area (Å²) in [6.45, 7) is 0. The van der Waals surface area contributed by atoms with Gasteiger partial charge in [0.2, 0.25) is 0 Å². The van der Waals surface area contributed by atoms with Crippen molar-refractivity contribution < 1.29 is 13.5 Å². The van der Waals surface area contributed by atoms with Crippen LogP contribution in [0, 0.1) is 11.6 Å². The van der Waals surface area contributed by atoms with E-state index in [1.165, 1.54) is 6.20 Å². The Kier molecular flexibility index (Phi) is 3.95. The maximum atomic E-state index is 14.5. The summed E-state index contributed by atoms with van der Waals surface area (Å²) in [6, 6.07) is 6.39. The number of benzene rings is 2. The lowest BCUT2D eigenvalue weighted by Gasteiger charge is -2.27. The molecule has 0 unspecified atom stereocenters. The van der Waals surface area contributed by atoms with E-state index in [0.29, 0.717) is 38.5 Å². The SMILES string of the molecule is Nc1c(-c2cc(F)c(F)c3[nH]ncc23)c2cc(OC3CCC3)c3ncccc3c2[nH]c1=O. The predicted molar refractivity (Wildman–Crippen MR) is 118 cm³/mol. The number of hydrogen-bond donors (Lipinski definition) is 3. The Morgan fingerprint density at radius 3 is 2.75 bits per heavy atom. The molecule has 5 aromatic rings. The van der Waals surface area contributed by atoms with E-state index in [4.69, 9.17) is 10.5 Å². The first kappa shape index (κ1) is 18.7. The maximum Gasteiger partial charge on any atom is 0.272 e. The number of ether oxygens (including phenoxy) is 1. The van der Waals surface area contributed by atoms with Crippen LogP contribution in [0.15, 0.2) is 41.5 Å². The van der Waals surface area contributed by atoms with Gasteiger partial charge < -0.3 is 15.5 Å². The van der Waals surface area contributed by atoms with Crippen LogP contribution < -0.4 is 16.0 Å². The first-order valence-electron chi connectivity index (χ1n) is 10.2. The van der Waals surface area contributed by atoms with E-state index < -0.39 is 17.2 Å². The number of H-pyrrole nitrogens is 2. The van der Waals surface area contributed by atoms with Gasteiger partial charge in [-0.3, -0.25) is 14.9 Å². The Labute approximate surface area is 179 Å². The summed E-state index contributed by atoms with van der Waals surface area (Å²) < 4.78 is 35.0. The van der Waals surface area contributed by atoms with Crippen LogP contribution in [0.2, 0.25) is 0 Å². The molecule has 0 aliphatic heterocycles. The van der Waals surface area contributed by atoms with Crippen molar-refractivity contribution in [1.29, 1.82) is 0 Å². The molecule has 9 heteroatoms. The molecule has 32 heavy (non-hydrogen) atoms. The highest BCUT2D eigenvalue weighted by atomic mass is 19.2. The van der Waals surface area contributed by atoms with Crippen LogP contribution in [-0.2, 0) is 0 Å². The fourth-order valence-electron chi connectivity index (χ4n) is 4.29. The average Bonchev–Trinajstić information content (AvgIpc) is 3.25. The van der Waals surface area contributed by atoms with Crippen molar-refractivity contribution in [2.24, 2.45) is 0 Å². The summed E-state index contributed by atoms with van der Waals surface area (Å²) in [7, 11) is 0. The van der Waals surface area contributed by atoms with E-state index in [-0.39, 0.29) is 22.9 Å². The van der Waals surface area contributed by atoms with Gasteiger partial charge in [0.05, 0.1) is 17.8 Å². The molecular weight excluding hydrogens is 416 g/mol. The smallest absolute Gasteiger partial charge is 0.272 e. The summed E-state index contributed by atoms with van der Waals surface area (Å²) in [6.07, 6.45) is 6.13. The lowest BCUT2D eigenvalue weighted by Crippen LogP contribution is -2.24. The molecule has 0 bridgehead atoms. The lowest BCUT2D eigenvalue weighted by molar-refractivity contribution is 0.122. The van der Waals surface area contributed by atoms with E-state index in [2.05, 4.69) is 20.2 Å². The minimum Gasteiger partial charge on any atom is -0.488 e. The summed E-state index contributed by atoms with van der Waals surface area (Å²) in [5.41, 5.74) is 7.13. The van der Waals surface area contributed by atoms with Gasteiger partial charge in [-0.1, -0.05) is 0 Å². The maximum absolute atomic E-state index is 14.5. The van der Waals surface area contributed by atoms with Gasteiger partial charge in [-0.2, -0.15) is 5.10 Å². The molecular formula is C23H17F2N5O2. The number of nitrogen functional groups attached to an aromatic ring is 1. The molecule has 1 saturated carbocycles. The zero-order valence-corrected chi connectivity index (χ0v) is 16.7. The molecule has 1 aliphatic rings. The molecule has 7 nitrogen and oxygen atoms in total. The number of nitrogens with one attached hydrogen (secondary N) is 2. The molecule has 3 aromatic heterocycles. The van der Waals surface area contributed by atoms with Crippen LogP contribution in [0.25, 0.3) is 43.8 Å². The van der Waals surface area contributed by atoms with Crippen LogP contribution in [0.1, 0.15) is 19.3 Å². The average molecular weight is 433 g/mol. The van der Waals surface area contributed by atoms with Crippen molar-refractivity contribution >= 4 is 38.4 Å². The Hall–Kier alpha value is -4.01. The van der Waals surface area contributed by atoms with E-state index in [1.54, 1.807) is 18.3 Å². The van der Waals surface area contributed by atoms with Gasteiger partial charge in [0.15, 0.2) is 11.6 Å². The number of halogens is 2. The van der Waals surface area contributed by atoms with Crippen molar-refractivity contribution in [3.8, 4) is 16.9 Å². The van der Waals surface area contributed by atoms with Crippen LogP contribution in [0.4, 0.5) is 14.5 Å². The zero-order valence-electron chi connectivity index (χ0n) is 16.7. The van der Waals surface area contributed by atoms with Gasteiger partial charge in [0.25, 0.3) is 5.56 Å². The number of pyridine rings is 2. The third-order valence-electron chi connectivity index (χ3n) is 6.12. The molecule has 1 aliphatic carbocycles. The minimum absolute atomic E-state index is 0.0880. The van der Waals surface area contributed by atoms with Gasteiger partial charge in [-0.15, -0.1) is 0 Å². The van der Waals surface area contributed by atoms with Gasteiger partial charge in [-0.25, -0.2) is 8.78 Å². The molecule has 0 radical (unpaired) electrons. The molecule has 4 N–H and O–H groups in total. The van der Waals surface area contributed by atoms with Gasteiger partial charge in [0, 0.05) is 27.9 Å². The highest BCUT2D eigenvalue weighted by Gasteiger charge is 2.24. The first-order chi connectivity index (χ1) is 15.5. The Balaban J connectivity index is 1.76. The monoisotopic (exact) mass is 433 g/mol. The number of hydrogen-bond acceptors (Lipinski definition) is 5. The number of aromatic amines is 2. The summed E-state index contributed by atoms with van der Waals surface area (Å²) in [5.74, 6) is -1.56. The molecule has 0 saturated heterocycles. The molecule has 2 aromatic carbocycles. The second-order valence-corrected chi connectivity index (χ2v) is 7.99. The number of rotatable bonds is 3. The van der Waals surface area contributed by atoms with Gasteiger partial charge in [0.1, 0.15) is 22.5 Å². The molecule has 1 fully saturated rings. The minimum atomic E-state index is -1.07. The number of aromatic nitrogens is 4. The molecule has 0 amide bonds. The highest BCUT2D eigenvalue weighted by Crippen LogP contribution is 2.41. The van der Waals surface area contributed by atoms with Crippen LogP contribution in [0.5, 0.6) is 5.75 Å². The van der Waals surface area contributed by atoms with E-state index in [9.17, 15) is 13.6 Å². The summed E-state index contributed by atoms with van der Waals surface area (Å²) >= 11 is 0.